The van der Waals surface area contributed by atoms with Gasteiger partial charge in [0.05, 0.1) is 18.7 Å². The minimum Gasteiger partial charge on any atom is -0.464 e. The third-order valence-electron chi connectivity index (χ3n) is 4.09. The van der Waals surface area contributed by atoms with Gasteiger partial charge in [0.25, 0.3) is 0 Å². The van der Waals surface area contributed by atoms with Crippen molar-refractivity contribution in [2.45, 2.75) is 20.0 Å². The Morgan fingerprint density at radius 3 is 2.48 bits per heavy atom. The highest BCUT2D eigenvalue weighted by atomic mass is 19.1. The predicted octanol–water partition coefficient (Wildman–Crippen LogP) is 4.19. The Kier molecular flexibility index (Phi) is 4.51. The summed E-state index contributed by atoms with van der Waals surface area (Å²) in [7, 11) is 1.29. The summed E-state index contributed by atoms with van der Waals surface area (Å²) in [5, 5.41) is 10.8. The summed E-state index contributed by atoms with van der Waals surface area (Å²) in [4.78, 5) is 16.7. The number of hydrogen-bond donors (Lipinski definition) is 1. The molecule has 1 aromatic heterocycles. The highest BCUT2D eigenvalue weighted by Crippen LogP contribution is 2.32. The van der Waals surface area contributed by atoms with Gasteiger partial charge in [0, 0.05) is 10.9 Å². The molecular weight excluding hydrogens is 321 g/mol. The first-order valence-electron chi connectivity index (χ1n) is 7.88. The molecule has 0 aliphatic rings. The van der Waals surface area contributed by atoms with Gasteiger partial charge in [-0.15, -0.1) is 0 Å². The summed E-state index contributed by atoms with van der Waals surface area (Å²) >= 11 is 0. The molecule has 0 aliphatic carbocycles. The van der Waals surface area contributed by atoms with Crippen LogP contribution in [-0.2, 0) is 4.74 Å². The zero-order chi connectivity index (χ0) is 18.1. The number of esters is 1. The standard InChI is InChI=1S/C20H18FNO3/c1-11-8-15(12(2)23)17-10-16(13-4-6-14(21)7-5-13)19(20(24)25-3)22-18(17)9-11/h4-10,12,23H,1-3H3. The van der Waals surface area contributed by atoms with Gasteiger partial charge in [0.2, 0.25) is 0 Å². The number of methoxy groups -OCH3 is 1. The topological polar surface area (TPSA) is 59.4 Å². The summed E-state index contributed by atoms with van der Waals surface area (Å²) in [5.74, 6) is -0.932. The molecule has 0 radical (unpaired) electrons. The maximum Gasteiger partial charge on any atom is 0.357 e. The molecule has 1 unspecified atom stereocenters. The highest BCUT2D eigenvalue weighted by Gasteiger charge is 2.19. The molecule has 0 aliphatic heterocycles. The van der Waals surface area contributed by atoms with Gasteiger partial charge < -0.3 is 9.84 Å². The van der Waals surface area contributed by atoms with E-state index in [2.05, 4.69) is 4.98 Å². The summed E-state index contributed by atoms with van der Waals surface area (Å²) in [6.07, 6.45) is -0.686. The second kappa shape index (κ2) is 6.61. The van der Waals surface area contributed by atoms with Crippen LogP contribution in [0.1, 0.15) is 34.6 Å². The molecule has 25 heavy (non-hydrogen) atoms. The molecule has 1 atom stereocenters. The predicted molar refractivity (Wildman–Crippen MR) is 93.8 cm³/mol. The molecule has 1 N–H and O–H groups in total. The number of aryl methyl sites for hydroxylation is 1. The van der Waals surface area contributed by atoms with Crippen molar-refractivity contribution in [3.05, 3.63) is 65.1 Å². The summed E-state index contributed by atoms with van der Waals surface area (Å²) in [6, 6.07) is 11.4. The van der Waals surface area contributed by atoms with Crippen LogP contribution in [0, 0.1) is 12.7 Å². The Morgan fingerprint density at radius 1 is 1.20 bits per heavy atom. The van der Waals surface area contributed by atoms with Gasteiger partial charge in [-0.05, 0) is 54.8 Å². The van der Waals surface area contributed by atoms with Crippen molar-refractivity contribution >= 4 is 16.9 Å². The van der Waals surface area contributed by atoms with Crippen LogP contribution in [0.2, 0.25) is 0 Å². The molecule has 0 saturated carbocycles. The first kappa shape index (κ1) is 17.0. The maximum absolute atomic E-state index is 13.3. The number of aromatic nitrogens is 1. The van der Waals surface area contributed by atoms with Gasteiger partial charge >= 0.3 is 5.97 Å². The lowest BCUT2D eigenvalue weighted by Crippen LogP contribution is -2.08. The molecule has 3 aromatic rings. The fourth-order valence-electron chi connectivity index (χ4n) is 2.90. The Morgan fingerprint density at radius 2 is 1.88 bits per heavy atom. The molecule has 2 aromatic carbocycles. The van der Waals surface area contributed by atoms with Crippen LogP contribution in [-0.4, -0.2) is 23.2 Å². The maximum atomic E-state index is 13.3. The third-order valence-corrected chi connectivity index (χ3v) is 4.09. The molecule has 0 spiro atoms. The number of ether oxygens (including phenoxy) is 1. The number of rotatable bonds is 3. The lowest BCUT2D eigenvalue weighted by molar-refractivity contribution is 0.0595. The molecule has 0 fully saturated rings. The Hall–Kier alpha value is -2.79. The molecule has 4 nitrogen and oxygen atoms in total. The van der Waals surface area contributed by atoms with Crippen molar-refractivity contribution < 1.29 is 19.0 Å². The van der Waals surface area contributed by atoms with Gasteiger partial charge in [-0.3, -0.25) is 0 Å². The molecule has 0 amide bonds. The normalized spacial score (nSPS) is 12.2. The van der Waals surface area contributed by atoms with Crippen LogP contribution in [0.15, 0.2) is 42.5 Å². The van der Waals surface area contributed by atoms with Crippen LogP contribution in [0.5, 0.6) is 0 Å². The number of halogens is 1. The van der Waals surface area contributed by atoms with Crippen molar-refractivity contribution in [3.63, 3.8) is 0 Å². The number of carbonyl (C=O) groups excluding carboxylic acids is 1. The molecular formula is C20H18FNO3. The summed E-state index contributed by atoms with van der Waals surface area (Å²) in [6.45, 7) is 3.58. The van der Waals surface area contributed by atoms with E-state index in [0.29, 0.717) is 16.6 Å². The van der Waals surface area contributed by atoms with Gasteiger partial charge in [-0.25, -0.2) is 14.2 Å². The number of fused-ring (bicyclic) bond motifs is 1. The average Bonchev–Trinajstić information content (AvgIpc) is 2.59. The van der Waals surface area contributed by atoms with Crippen molar-refractivity contribution in [3.8, 4) is 11.1 Å². The lowest BCUT2D eigenvalue weighted by Gasteiger charge is -2.14. The van der Waals surface area contributed by atoms with E-state index in [1.54, 1.807) is 25.1 Å². The number of carbonyl (C=O) groups is 1. The van der Waals surface area contributed by atoms with Crippen molar-refractivity contribution in [2.24, 2.45) is 0 Å². The van der Waals surface area contributed by atoms with E-state index >= 15 is 0 Å². The molecule has 3 rings (SSSR count). The van der Waals surface area contributed by atoms with Crippen LogP contribution < -0.4 is 0 Å². The zero-order valence-electron chi connectivity index (χ0n) is 14.2. The number of benzene rings is 2. The van der Waals surface area contributed by atoms with Gasteiger partial charge in [0.15, 0.2) is 5.69 Å². The van der Waals surface area contributed by atoms with Gasteiger partial charge in [-0.1, -0.05) is 18.2 Å². The first-order chi connectivity index (χ1) is 11.9. The fraction of sp³-hybridized carbons (Fsp3) is 0.200. The van der Waals surface area contributed by atoms with Crippen molar-refractivity contribution in [1.29, 1.82) is 0 Å². The monoisotopic (exact) mass is 339 g/mol. The SMILES string of the molecule is COC(=O)c1nc2cc(C)cc(C(C)O)c2cc1-c1ccc(F)cc1. The highest BCUT2D eigenvalue weighted by molar-refractivity contribution is 6.00. The molecule has 1 heterocycles. The number of nitrogens with zero attached hydrogens (tertiary/aromatic N) is 1. The Labute approximate surface area is 144 Å². The summed E-state index contributed by atoms with van der Waals surface area (Å²) < 4.78 is 18.1. The van der Waals surface area contributed by atoms with Gasteiger partial charge in [-0.2, -0.15) is 0 Å². The Bertz CT molecular complexity index is 949. The van der Waals surface area contributed by atoms with Crippen LogP contribution in [0.25, 0.3) is 22.0 Å². The van der Waals surface area contributed by atoms with Crippen molar-refractivity contribution in [2.75, 3.05) is 7.11 Å². The largest absolute Gasteiger partial charge is 0.464 e. The van der Waals surface area contributed by atoms with E-state index in [1.165, 1.54) is 19.2 Å². The number of aliphatic hydroxyl groups excluding tert-OH is 1. The lowest BCUT2D eigenvalue weighted by atomic mass is 9.96. The minimum absolute atomic E-state index is 0.156. The third kappa shape index (κ3) is 3.23. The van der Waals surface area contributed by atoms with Gasteiger partial charge in [0.1, 0.15) is 5.82 Å². The number of aliphatic hydroxyl groups is 1. The number of hydrogen-bond acceptors (Lipinski definition) is 4. The van der Waals surface area contributed by atoms with Crippen molar-refractivity contribution in [1.82, 2.24) is 4.98 Å². The summed E-state index contributed by atoms with van der Waals surface area (Å²) in [5.41, 5.74) is 3.59. The Balaban J connectivity index is 2.36. The molecule has 5 heteroatoms. The van der Waals surface area contributed by atoms with Crippen LogP contribution in [0.4, 0.5) is 4.39 Å². The van der Waals surface area contributed by atoms with E-state index in [1.807, 2.05) is 19.1 Å². The van der Waals surface area contributed by atoms with E-state index in [0.717, 1.165) is 16.5 Å². The van der Waals surface area contributed by atoms with E-state index < -0.39 is 12.1 Å². The fourth-order valence-corrected chi connectivity index (χ4v) is 2.90. The second-order valence-corrected chi connectivity index (χ2v) is 5.98. The van der Waals surface area contributed by atoms with Crippen LogP contribution in [0.3, 0.4) is 0 Å². The first-order valence-corrected chi connectivity index (χ1v) is 7.88. The molecule has 0 saturated heterocycles. The molecule has 128 valence electrons. The van der Waals surface area contributed by atoms with E-state index in [4.69, 9.17) is 4.74 Å². The van der Waals surface area contributed by atoms with Crippen LogP contribution >= 0.6 is 0 Å². The van der Waals surface area contributed by atoms with E-state index in [9.17, 15) is 14.3 Å². The molecule has 0 bridgehead atoms. The number of pyridine rings is 1. The minimum atomic E-state index is -0.686. The second-order valence-electron chi connectivity index (χ2n) is 5.98. The zero-order valence-corrected chi connectivity index (χ0v) is 14.2. The van der Waals surface area contributed by atoms with E-state index in [-0.39, 0.29) is 11.5 Å². The average molecular weight is 339 g/mol. The smallest absolute Gasteiger partial charge is 0.357 e. The quantitative estimate of drug-likeness (QED) is 0.727.